The number of nitrogens with zero attached hydrogens (tertiary/aromatic N) is 1. The maximum atomic E-state index is 12.3. The predicted octanol–water partition coefficient (Wildman–Crippen LogP) is 2.09. The zero-order chi connectivity index (χ0) is 15.6. The van der Waals surface area contributed by atoms with Crippen molar-refractivity contribution in [3.05, 3.63) is 32.6 Å². The van der Waals surface area contributed by atoms with Gasteiger partial charge in [-0.3, -0.25) is 0 Å². The third kappa shape index (κ3) is 3.49. The highest BCUT2D eigenvalue weighted by Gasteiger charge is 2.26. The van der Waals surface area contributed by atoms with Gasteiger partial charge in [0.25, 0.3) is 10.0 Å². The third-order valence-corrected chi connectivity index (χ3v) is 6.73. The zero-order valence-electron chi connectivity index (χ0n) is 11.7. The fourth-order valence-electron chi connectivity index (χ4n) is 1.63. The van der Waals surface area contributed by atoms with Gasteiger partial charge in [0, 0.05) is 16.3 Å². The van der Waals surface area contributed by atoms with Crippen molar-refractivity contribution in [2.45, 2.75) is 24.6 Å². The molecule has 2 rings (SSSR count). The summed E-state index contributed by atoms with van der Waals surface area (Å²) in [4.78, 5) is 17.3. The fraction of sp³-hybridized carbons (Fsp3) is 0.333. The molecule has 0 saturated carbocycles. The topological polar surface area (TPSA) is 85.4 Å². The number of rotatable bonds is 5. The summed E-state index contributed by atoms with van der Waals surface area (Å²) in [5, 5.41) is 0. The van der Waals surface area contributed by atoms with Crippen molar-refractivity contribution in [3.63, 3.8) is 0 Å². The van der Waals surface area contributed by atoms with Crippen LogP contribution in [-0.2, 0) is 21.3 Å². The number of aromatic nitrogens is 1. The molecular formula is C12H14N2O4S3. The minimum Gasteiger partial charge on any atom is -0.464 e. The first-order valence-corrected chi connectivity index (χ1v) is 9.10. The molecule has 0 atom stereocenters. The molecule has 0 unspecified atom stereocenters. The standard InChI is InChI=1S/C12H14N2O4S3/c1-7-4-9(20-8(7)2)5-14-21(16,17)12-10(11(15)18-3)13-6-19-12/h4,6,14H,5H2,1-3H3. The van der Waals surface area contributed by atoms with E-state index in [0.29, 0.717) is 0 Å². The highest BCUT2D eigenvalue weighted by Crippen LogP contribution is 2.23. The van der Waals surface area contributed by atoms with Gasteiger partial charge in [-0.05, 0) is 25.5 Å². The minimum atomic E-state index is -3.79. The second-order valence-corrected chi connectivity index (χ2v) is 8.41. The molecule has 2 heterocycles. The van der Waals surface area contributed by atoms with Crippen LogP contribution < -0.4 is 4.72 Å². The molecule has 1 N–H and O–H groups in total. The first-order chi connectivity index (χ1) is 9.85. The lowest BCUT2D eigenvalue weighted by molar-refractivity contribution is 0.0590. The minimum absolute atomic E-state index is 0.126. The quantitative estimate of drug-likeness (QED) is 0.838. The number of esters is 1. The van der Waals surface area contributed by atoms with E-state index in [1.807, 2.05) is 19.9 Å². The van der Waals surface area contributed by atoms with E-state index in [-0.39, 0.29) is 16.4 Å². The first kappa shape index (κ1) is 16.1. The Balaban J connectivity index is 2.19. The van der Waals surface area contributed by atoms with E-state index in [1.54, 1.807) is 0 Å². The molecule has 9 heteroatoms. The van der Waals surface area contributed by atoms with Crippen LogP contribution in [0.25, 0.3) is 0 Å². The van der Waals surface area contributed by atoms with Gasteiger partial charge >= 0.3 is 5.97 Å². The van der Waals surface area contributed by atoms with E-state index >= 15 is 0 Å². The Labute approximate surface area is 130 Å². The number of carbonyl (C=O) groups is 1. The van der Waals surface area contributed by atoms with E-state index < -0.39 is 16.0 Å². The van der Waals surface area contributed by atoms with Crippen LogP contribution in [0.2, 0.25) is 0 Å². The molecule has 2 aromatic rings. The second-order valence-electron chi connectivity index (χ2n) is 4.26. The second kappa shape index (κ2) is 6.22. The summed E-state index contributed by atoms with van der Waals surface area (Å²) in [5.74, 6) is -0.764. The van der Waals surface area contributed by atoms with Gasteiger partial charge in [-0.1, -0.05) is 0 Å². The summed E-state index contributed by atoms with van der Waals surface area (Å²) in [7, 11) is -2.61. The predicted molar refractivity (Wildman–Crippen MR) is 81.3 cm³/mol. The van der Waals surface area contributed by atoms with Crippen molar-refractivity contribution in [2.75, 3.05) is 7.11 Å². The van der Waals surface area contributed by atoms with Crippen molar-refractivity contribution in [1.29, 1.82) is 0 Å². The molecule has 114 valence electrons. The number of aryl methyl sites for hydroxylation is 2. The molecule has 2 aromatic heterocycles. The number of sulfonamides is 1. The van der Waals surface area contributed by atoms with Crippen LogP contribution in [-0.4, -0.2) is 26.5 Å². The average molecular weight is 346 g/mol. The van der Waals surface area contributed by atoms with Gasteiger partial charge in [0.05, 0.1) is 12.6 Å². The summed E-state index contributed by atoms with van der Waals surface area (Å²) in [5.41, 5.74) is 2.25. The summed E-state index contributed by atoms with van der Waals surface area (Å²) in [6.45, 7) is 4.14. The molecule has 0 saturated heterocycles. The Morgan fingerprint density at radius 3 is 2.71 bits per heavy atom. The molecular weight excluding hydrogens is 332 g/mol. The number of thiophene rings is 1. The van der Waals surface area contributed by atoms with Crippen LogP contribution in [0.5, 0.6) is 0 Å². The maximum Gasteiger partial charge on any atom is 0.358 e. The first-order valence-electron chi connectivity index (χ1n) is 5.92. The average Bonchev–Trinajstić information content (AvgIpc) is 3.04. The van der Waals surface area contributed by atoms with Gasteiger partial charge in [-0.2, -0.15) is 0 Å². The summed E-state index contributed by atoms with van der Waals surface area (Å²) in [6.07, 6.45) is 0. The monoisotopic (exact) mass is 346 g/mol. The number of nitrogens with one attached hydrogen (secondary N) is 1. The summed E-state index contributed by atoms with van der Waals surface area (Å²) in [6, 6.07) is 1.94. The van der Waals surface area contributed by atoms with Gasteiger partial charge < -0.3 is 4.74 Å². The van der Waals surface area contributed by atoms with E-state index in [2.05, 4.69) is 14.4 Å². The Hall–Kier alpha value is -1.29. The highest BCUT2D eigenvalue weighted by atomic mass is 32.2. The molecule has 0 amide bonds. The third-order valence-electron chi connectivity index (χ3n) is 2.81. The summed E-state index contributed by atoms with van der Waals surface area (Å²) >= 11 is 2.42. The molecule has 21 heavy (non-hydrogen) atoms. The molecule has 0 fully saturated rings. The number of hydrogen-bond donors (Lipinski definition) is 1. The van der Waals surface area contributed by atoms with Crippen molar-refractivity contribution in [2.24, 2.45) is 0 Å². The number of carbonyl (C=O) groups excluding carboxylic acids is 1. The molecule has 6 nitrogen and oxygen atoms in total. The SMILES string of the molecule is COC(=O)c1ncsc1S(=O)(=O)NCc1cc(C)c(C)s1. The van der Waals surface area contributed by atoms with Crippen LogP contribution in [0.15, 0.2) is 15.8 Å². The highest BCUT2D eigenvalue weighted by molar-refractivity contribution is 7.91. The fourth-order valence-corrected chi connectivity index (χ4v) is 4.89. The lowest BCUT2D eigenvalue weighted by atomic mass is 10.3. The van der Waals surface area contributed by atoms with E-state index in [4.69, 9.17) is 0 Å². The number of methoxy groups -OCH3 is 1. The number of ether oxygens (including phenoxy) is 1. The Kier molecular flexibility index (Phi) is 4.77. The molecule has 0 radical (unpaired) electrons. The van der Waals surface area contributed by atoms with Crippen molar-refractivity contribution < 1.29 is 17.9 Å². The molecule has 0 aliphatic heterocycles. The summed E-state index contributed by atoms with van der Waals surface area (Å²) < 4.78 is 31.4. The molecule has 0 aliphatic rings. The largest absolute Gasteiger partial charge is 0.464 e. The molecule has 0 aliphatic carbocycles. The Bertz CT molecular complexity index is 742. The maximum absolute atomic E-state index is 12.3. The van der Waals surface area contributed by atoms with E-state index in [1.165, 1.54) is 24.0 Å². The van der Waals surface area contributed by atoms with E-state index in [0.717, 1.165) is 26.7 Å². The molecule has 0 bridgehead atoms. The van der Waals surface area contributed by atoms with Gasteiger partial charge in [0.1, 0.15) is 0 Å². The van der Waals surface area contributed by atoms with Crippen LogP contribution in [0, 0.1) is 13.8 Å². The molecule has 0 aromatic carbocycles. The van der Waals surface area contributed by atoms with Gasteiger partial charge in [-0.15, -0.1) is 22.7 Å². The number of thiazole rings is 1. The lowest BCUT2D eigenvalue weighted by Crippen LogP contribution is -2.24. The van der Waals surface area contributed by atoms with Crippen molar-refractivity contribution in [1.82, 2.24) is 9.71 Å². The smallest absolute Gasteiger partial charge is 0.358 e. The van der Waals surface area contributed by atoms with Gasteiger partial charge in [-0.25, -0.2) is 22.9 Å². The zero-order valence-corrected chi connectivity index (χ0v) is 14.1. The van der Waals surface area contributed by atoms with Gasteiger partial charge in [0.2, 0.25) is 0 Å². The van der Waals surface area contributed by atoms with E-state index in [9.17, 15) is 13.2 Å². The Morgan fingerprint density at radius 1 is 1.43 bits per heavy atom. The van der Waals surface area contributed by atoms with Crippen LogP contribution in [0.1, 0.15) is 25.8 Å². The molecule has 0 spiro atoms. The Morgan fingerprint density at radius 2 is 2.14 bits per heavy atom. The number of hydrogen-bond acceptors (Lipinski definition) is 7. The van der Waals surface area contributed by atoms with Gasteiger partial charge in [0.15, 0.2) is 9.90 Å². The van der Waals surface area contributed by atoms with Crippen molar-refractivity contribution >= 4 is 38.7 Å². The van der Waals surface area contributed by atoms with Crippen LogP contribution in [0.3, 0.4) is 0 Å². The van der Waals surface area contributed by atoms with Crippen LogP contribution >= 0.6 is 22.7 Å². The van der Waals surface area contributed by atoms with Crippen LogP contribution in [0.4, 0.5) is 0 Å². The van der Waals surface area contributed by atoms with Crippen molar-refractivity contribution in [3.8, 4) is 0 Å². The normalized spacial score (nSPS) is 11.6. The lowest BCUT2D eigenvalue weighted by Gasteiger charge is -2.04.